The monoisotopic (exact) mass is 280 g/mol. The second kappa shape index (κ2) is 7.28. The molecule has 3 N–H and O–H groups in total. The maximum absolute atomic E-state index is 11.6. The predicted octanol–water partition coefficient (Wildman–Crippen LogP) is 1.27. The van der Waals surface area contributed by atoms with Crippen molar-refractivity contribution in [2.75, 3.05) is 13.1 Å². The topological polar surface area (TPSA) is 79.2 Å². The van der Waals surface area contributed by atoms with Crippen LogP contribution in [0.4, 0.5) is 4.79 Å². The normalized spacial score (nSPS) is 17.6. The van der Waals surface area contributed by atoms with E-state index in [-0.39, 0.29) is 6.03 Å². The van der Waals surface area contributed by atoms with E-state index in [0.717, 1.165) is 38.6 Å². The summed E-state index contributed by atoms with van der Waals surface area (Å²) in [6.07, 6.45) is 11.1. The fourth-order valence-electron chi connectivity index (χ4n) is 2.58. The van der Waals surface area contributed by atoms with Crippen molar-refractivity contribution in [2.24, 2.45) is 0 Å². The quantitative estimate of drug-likeness (QED) is 0.687. The van der Waals surface area contributed by atoms with Crippen molar-refractivity contribution in [3.63, 3.8) is 0 Å². The molecule has 0 unspecified atom stereocenters. The number of aromatic nitrogens is 2. The van der Waals surface area contributed by atoms with Crippen LogP contribution in [0.15, 0.2) is 18.7 Å². The summed E-state index contributed by atoms with van der Waals surface area (Å²) >= 11 is 0. The van der Waals surface area contributed by atoms with Gasteiger partial charge in [0.25, 0.3) is 0 Å². The van der Waals surface area contributed by atoms with E-state index in [1.165, 1.54) is 6.42 Å². The molecule has 1 saturated carbocycles. The number of amides is 2. The Hall–Kier alpha value is -1.56. The average molecular weight is 280 g/mol. The number of nitrogens with one attached hydrogen (secondary N) is 2. The Morgan fingerprint density at radius 3 is 2.80 bits per heavy atom. The Bertz CT molecular complexity index is 399. The predicted molar refractivity (Wildman–Crippen MR) is 76.3 cm³/mol. The van der Waals surface area contributed by atoms with Gasteiger partial charge in [-0.2, -0.15) is 0 Å². The third kappa shape index (κ3) is 4.85. The lowest BCUT2D eigenvalue weighted by molar-refractivity contribution is 0.00720. The molecule has 20 heavy (non-hydrogen) atoms. The smallest absolute Gasteiger partial charge is 0.314 e. The van der Waals surface area contributed by atoms with E-state index >= 15 is 0 Å². The van der Waals surface area contributed by atoms with Crippen LogP contribution in [0.25, 0.3) is 0 Å². The minimum absolute atomic E-state index is 0.199. The van der Waals surface area contributed by atoms with Gasteiger partial charge in [0.1, 0.15) is 0 Å². The molecule has 1 fully saturated rings. The molecule has 1 heterocycles. The number of aliphatic hydroxyl groups is 1. The number of aryl methyl sites for hydroxylation is 1. The van der Waals surface area contributed by atoms with E-state index in [1.807, 2.05) is 10.8 Å². The molecule has 2 rings (SSSR count). The van der Waals surface area contributed by atoms with Gasteiger partial charge < -0.3 is 20.3 Å². The van der Waals surface area contributed by atoms with Crippen molar-refractivity contribution in [3.8, 4) is 0 Å². The number of hydrogen-bond donors (Lipinski definition) is 3. The largest absolute Gasteiger partial charge is 0.388 e. The molecule has 0 aromatic carbocycles. The van der Waals surface area contributed by atoms with E-state index in [2.05, 4.69) is 15.6 Å². The van der Waals surface area contributed by atoms with E-state index in [0.29, 0.717) is 13.1 Å². The Labute approximate surface area is 119 Å². The molecule has 112 valence electrons. The molecule has 6 heteroatoms. The van der Waals surface area contributed by atoms with Crippen LogP contribution in [-0.2, 0) is 6.54 Å². The van der Waals surface area contributed by atoms with Gasteiger partial charge in [0.2, 0.25) is 0 Å². The van der Waals surface area contributed by atoms with Gasteiger partial charge in [0, 0.05) is 32.0 Å². The van der Waals surface area contributed by atoms with Crippen LogP contribution in [0.3, 0.4) is 0 Å². The van der Waals surface area contributed by atoms with E-state index in [9.17, 15) is 9.90 Å². The molecule has 0 atom stereocenters. The fraction of sp³-hybridized carbons (Fsp3) is 0.714. The first-order valence-electron chi connectivity index (χ1n) is 7.38. The zero-order chi connectivity index (χ0) is 14.3. The summed E-state index contributed by atoms with van der Waals surface area (Å²) in [7, 11) is 0. The summed E-state index contributed by atoms with van der Waals surface area (Å²) in [5.74, 6) is 0. The summed E-state index contributed by atoms with van der Waals surface area (Å²) in [5, 5.41) is 15.8. The maximum Gasteiger partial charge on any atom is 0.314 e. The number of rotatable bonds is 6. The summed E-state index contributed by atoms with van der Waals surface area (Å²) in [5.41, 5.74) is -0.702. The molecule has 0 aliphatic heterocycles. The van der Waals surface area contributed by atoms with Gasteiger partial charge >= 0.3 is 6.03 Å². The van der Waals surface area contributed by atoms with E-state index in [4.69, 9.17) is 0 Å². The molecule has 1 aromatic rings. The highest BCUT2D eigenvalue weighted by atomic mass is 16.3. The summed E-state index contributed by atoms with van der Waals surface area (Å²) < 4.78 is 1.98. The highest BCUT2D eigenvalue weighted by Gasteiger charge is 2.29. The number of hydrogen-bond acceptors (Lipinski definition) is 3. The standard InChI is InChI=1S/C14H24N4O2/c19-13(16-7-4-9-18-10-8-15-12-18)17-11-14(20)5-2-1-3-6-14/h8,10,12,20H,1-7,9,11H2,(H2,16,17,19). The van der Waals surface area contributed by atoms with Gasteiger partial charge in [-0.1, -0.05) is 19.3 Å². The highest BCUT2D eigenvalue weighted by molar-refractivity contribution is 5.73. The number of urea groups is 1. The van der Waals surface area contributed by atoms with Gasteiger partial charge in [-0.15, -0.1) is 0 Å². The maximum atomic E-state index is 11.6. The van der Waals surface area contributed by atoms with Crippen LogP contribution in [0.2, 0.25) is 0 Å². The molecule has 0 bridgehead atoms. The molecule has 0 saturated heterocycles. The first-order chi connectivity index (χ1) is 9.68. The van der Waals surface area contributed by atoms with Gasteiger partial charge in [0.05, 0.1) is 11.9 Å². The van der Waals surface area contributed by atoms with Gasteiger partial charge in [-0.3, -0.25) is 0 Å². The average Bonchev–Trinajstić information content (AvgIpc) is 2.96. The minimum atomic E-state index is -0.702. The Morgan fingerprint density at radius 1 is 1.30 bits per heavy atom. The van der Waals surface area contributed by atoms with Gasteiger partial charge in [-0.05, 0) is 19.3 Å². The second-order valence-corrected chi connectivity index (χ2v) is 5.55. The van der Waals surface area contributed by atoms with E-state index < -0.39 is 5.60 Å². The second-order valence-electron chi connectivity index (χ2n) is 5.55. The molecular weight excluding hydrogens is 256 g/mol. The van der Waals surface area contributed by atoms with Crippen LogP contribution in [0, 0.1) is 0 Å². The first-order valence-corrected chi connectivity index (χ1v) is 7.38. The van der Waals surface area contributed by atoms with Crippen molar-refractivity contribution in [3.05, 3.63) is 18.7 Å². The lowest BCUT2D eigenvalue weighted by atomic mass is 9.85. The molecule has 2 amide bonds. The Kier molecular flexibility index (Phi) is 5.40. The molecular formula is C14H24N4O2. The van der Waals surface area contributed by atoms with Gasteiger partial charge in [0.15, 0.2) is 0 Å². The molecule has 6 nitrogen and oxygen atoms in total. The lowest BCUT2D eigenvalue weighted by Gasteiger charge is -2.32. The molecule has 0 spiro atoms. The van der Waals surface area contributed by atoms with Crippen molar-refractivity contribution < 1.29 is 9.90 Å². The van der Waals surface area contributed by atoms with E-state index in [1.54, 1.807) is 12.5 Å². The number of nitrogens with zero attached hydrogens (tertiary/aromatic N) is 2. The Morgan fingerprint density at radius 2 is 2.10 bits per heavy atom. The summed E-state index contributed by atoms with van der Waals surface area (Å²) in [6.45, 7) is 1.80. The summed E-state index contributed by atoms with van der Waals surface area (Å²) in [6, 6.07) is -0.199. The van der Waals surface area contributed by atoms with Crippen LogP contribution in [0.5, 0.6) is 0 Å². The first kappa shape index (κ1) is 14.8. The molecule has 0 radical (unpaired) electrons. The van der Waals surface area contributed by atoms with Crippen molar-refractivity contribution in [1.82, 2.24) is 20.2 Å². The number of carbonyl (C=O) groups excluding carboxylic acids is 1. The summed E-state index contributed by atoms with van der Waals surface area (Å²) in [4.78, 5) is 15.6. The zero-order valence-electron chi connectivity index (χ0n) is 11.8. The lowest BCUT2D eigenvalue weighted by Crippen LogP contribution is -2.47. The third-order valence-electron chi connectivity index (χ3n) is 3.80. The van der Waals surface area contributed by atoms with Crippen molar-refractivity contribution >= 4 is 6.03 Å². The SMILES string of the molecule is O=C(NCCCn1ccnc1)NCC1(O)CCCCC1. The van der Waals surface area contributed by atoms with Gasteiger partial charge in [-0.25, -0.2) is 9.78 Å². The van der Waals surface area contributed by atoms with Crippen LogP contribution in [0.1, 0.15) is 38.5 Å². The molecule has 1 aromatic heterocycles. The molecule has 1 aliphatic rings. The van der Waals surface area contributed by atoms with Crippen molar-refractivity contribution in [1.29, 1.82) is 0 Å². The van der Waals surface area contributed by atoms with Crippen LogP contribution in [-0.4, -0.2) is 39.4 Å². The zero-order valence-corrected chi connectivity index (χ0v) is 11.8. The molecule has 1 aliphatic carbocycles. The van der Waals surface area contributed by atoms with Crippen LogP contribution < -0.4 is 10.6 Å². The van der Waals surface area contributed by atoms with Crippen LogP contribution >= 0.6 is 0 Å². The Balaban J connectivity index is 1.56. The number of carbonyl (C=O) groups is 1. The third-order valence-corrected chi connectivity index (χ3v) is 3.80. The number of imidazole rings is 1. The minimum Gasteiger partial charge on any atom is -0.388 e. The highest BCUT2D eigenvalue weighted by Crippen LogP contribution is 2.27. The van der Waals surface area contributed by atoms with Crippen molar-refractivity contribution in [2.45, 2.75) is 50.7 Å². The fourth-order valence-corrected chi connectivity index (χ4v) is 2.58.